The van der Waals surface area contributed by atoms with Gasteiger partial charge < -0.3 is 14.7 Å². The molecule has 1 aromatic carbocycles. The van der Waals surface area contributed by atoms with E-state index in [1.54, 1.807) is 0 Å². The largest absolute Gasteiger partial charge is 0.472 e. The van der Waals surface area contributed by atoms with Crippen molar-refractivity contribution in [3.63, 3.8) is 0 Å². The molecule has 2 N–H and O–H groups in total. The van der Waals surface area contributed by atoms with Gasteiger partial charge in [-0.05, 0) is 30.3 Å². The number of aromatic amines is 1. The van der Waals surface area contributed by atoms with Gasteiger partial charge in [0.15, 0.2) is 5.69 Å². The molecule has 14 heteroatoms. The third kappa shape index (κ3) is 4.40. The first-order chi connectivity index (χ1) is 17.9. The monoisotopic (exact) mass is 533 g/mol. The first-order valence-electron chi connectivity index (χ1n) is 10.6. The summed E-state index contributed by atoms with van der Waals surface area (Å²) in [4.78, 5) is 31.1. The number of aromatic nitrogens is 4. The molecule has 4 aromatic heterocycles. The smallest absolute Gasteiger partial charge is 0.434 e. The van der Waals surface area contributed by atoms with E-state index in [9.17, 15) is 35.9 Å². The number of anilines is 1. The molecule has 5 aromatic rings. The highest BCUT2D eigenvalue weighted by Gasteiger charge is 2.41. The van der Waals surface area contributed by atoms with Crippen LogP contribution in [0.5, 0.6) is 0 Å². The average Bonchev–Trinajstić information content (AvgIpc) is 3.54. The molecular weight excluding hydrogens is 520 g/mol. The Kier molecular flexibility index (Phi) is 5.81. The van der Waals surface area contributed by atoms with Gasteiger partial charge in [-0.2, -0.15) is 31.4 Å². The summed E-state index contributed by atoms with van der Waals surface area (Å²) in [5.41, 5.74) is -5.31. The predicted octanol–water partition coefficient (Wildman–Crippen LogP) is 5.66. The Hall–Kier alpha value is -4.88. The summed E-state index contributed by atoms with van der Waals surface area (Å²) in [6.07, 6.45) is -5.04. The first kappa shape index (κ1) is 24.8. The number of nitrogens with one attached hydrogen (secondary N) is 2. The number of nitrogens with zero attached hydrogens (tertiary/aromatic N) is 3. The molecule has 0 spiro atoms. The van der Waals surface area contributed by atoms with Crippen molar-refractivity contribution in [1.82, 2.24) is 19.7 Å². The maximum Gasteiger partial charge on any atom is 0.434 e. The van der Waals surface area contributed by atoms with Crippen LogP contribution < -0.4 is 10.9 Å². The fourth-order valence-corrected chi connectivity index (χ4v) is 3.94. The van der Waals surface area contributed by atoms with E-state index in [4.69, 9.17) is 4.42 Å². The minimum absolute atomic E-state index is 0.0183. The minimum Gasteiger partial charge on any atom is -0.472 e. The van der Waals surface area contributed by atoms with Gasteiger partial charge in [-0.25, -0.2) is 4.68 Å². The Morgan fingerprint density at radius 2 is 1.79 bits per heavy atom. The van der Waals surface area contributed by atoms with Crippen molar-refractivity contribution in [1.29, 1.82) is 0 Å². The van der Waals surface area contributed by atoms with Crippen molar-refractivity contribution in [2.75, 3.05) is 5.32 Å². The van der Waals surface area contributed by atoms with Gasteiger partial charge >= 0.3 is 12.4 Å². The molecule has 0 radical (unpaired) electrons. The lowest BCUT2D eigenvalue weighted by atomic mass is 10.1. The van der Waals surface area contributed by atoms with Crippen molar-refractivity contribution < 1.29 is 35.6 Å². The molecule has 8 nitrogen and oxygen atoms in total. The van der Waals surface area contributed by atoms with Gasteiger partial charge in [0.25, 0.3) is 11.5 Å². The van der Waals surface area contributed by atoms with Crippen LogP contribution in [0.4, 0.5) is 32.0 Å². The number of carbonyl (C=O) groups is 1. The molecule has 0 aliphatic rings. The number of carbonyl (C=O) groups excluding carboxylic acids is 1. The Morgan fingerprint density at radius 1 is 1.00 bits per heavy atom. The van der Waals surface area contributed by atoms with Crippen LogP contribution in [0.3, 0.4) is 0 Å². The predicted molar refractivity (Wildman–Crippen MR) is 122 cm³/mol. The molecule has 0 aliphatic carbocycles. The second-order valence-corrected chi connectivity index (χ2v) is 7.95. The number of halogens is 6. The van der Waals surface area contributed by atoms with Crippen LogP contribution in [0.15, 0.2) is 76.7 Å². The third-order valence-electron chi connectivity index (χ3n) is 5.55. The molecule has 0 aliphatic heterocycles. The highest BCUT2D eigenvalue weighted by molar-refractivity contribution is 6.05. The van der Waals surface area contributed by atoms with Gasteiger partial charge in [0.05, 0.1) is 53.1 Å². The van der Waals surface area contributed by atoms with Crippen LogP contribution in [0.2, 0.25) is 0 Å². The summed E-state index contributed by atoms with van der Waals surface area (Å²) in [5.74, 6) is -1.37. The summed E-state index contributed by atoms with van der Waals surface area (Å²) >= 11 is 0. The fourth-order valence-electron chi connectivity index (χ4n) is 3.94. The van der Waals surface area contributed by atoms with Crippen LogP contribution in [0, 0.1) is 0 Å². The van der Waals surface area contributed by atoms with Crippen molar-refractivity contribution in [3.05, 3.63) is 94.7 Å². The molecule has 0 saturated heterocycles. The molecule has 0 saturated carbocycles. The number of amides is 1. The maximum atomic E-state index is 14.2. The van der Waals surface area contributed by atoms with Crippen LogP contribution in [-0.4, -0.2) is 25.7 Å². The Balaban J connectivity index is 1.57. The SMILES string of the molecule is O=C(Nc1cnc(-c2ccoc2)c(C(F)(F)F)c1)c1cnn(-c2cccc3c(=O)[nH]ccc23)c1C(F)(F)F. The lowest BCUT2D eigenvalue weighted by molar-refractivity contribution is -0.143. The Morgan fingerprint density at radius 3 is 2.47 bits per heavy atom. The maximum absolute atomic E-state index is 14.2. The number of alkyl halides is 6. The van der Waals surface area contributed by atoms with Gasteiger partial charge in [-0.1, -0.05) is 6.07 Å². The molecule has 0 atom stereocenters. The number of hydrogen-bond donors (Lipinski definition) is 2. The second-order valence-electron chi connectivity index (χ2n) is 7.95. The molecule has 194 valence electrons. The van der Waals surface area contributed by atoms with E-state index in [-0.39, 0.29) is 22.0 Å². The minimum atomic E-state index is -5.10. The molecule has 4 heterocycles. The standard InChI is InChI=1S/C24H13F6N5O3/c25-23(26,27)17-8-13(9-32-19(17)12-5-7-38-11-12)34-22(37)16-10-33-35(20(16)24(28,29)30)18-3-1-2-15-14(18)4-6-31-21(15)36/h1-11H,(H,31,36)(H,34,37). The van der Waals surface area contributed by atoms with E-state index in [0.29, 0.717) is 16.9 Å². The molecule has 5 rings (SSSR count). The summed E-state index contributed by atoms with van der Waals surface area (Å²) in [6.45, 7) is 0. The van der Waals surface area contributed by atoms with Crippen LogP contribution in [0.25, 0.3) is 27.7 Å². The Bertz CT molecular complexity index is 1720. The number of pyridine rings is 2. The highest BCUT2D eigenvalue weighted by atomic mass is 19.4. The first-order valence-corrected chi connectivity index (χ1v) is 10.6. The second kappa shape index (κ2) is 8.90. The lowest BCUT2D eigenvalue weighted by Crippen LogP contribution is -2.21. The number of rotatable bonds is 4. The van der Waals surface area contributed by atoms with Crippen LogP contribution >= 0.6 is 0 Å². The molecular formula is C24H13F6N5O3. The highest BCUT2D eigenvalue weighted by Crippen LogP contribution is 2.38. The van der Waals surface area contributed by atoms with Crippen molar-refractivity contribution in [3.8, 4) is 16.9 Å². The molecule has 0 unspecified atom stereocenters. The molecule has 0 bridgehead atoms. The number of hydrogen-bond acceptors (Lipinski definition) is 5. The summed E-state index contributed by atoms with van der Waals surface area (Å²) in [6, 6.07) is 7.21. The molecule has 1 amide bonds. The average molecular weight is 533 g/mol. The van der Waals surface area contributed by atoms with E-state index in [1.807, 2.05) is 5.32 Å². The summed E-state index contributed by atoms with van der Waals surface area (Å²) in [7, 11) is 0. The zero-order valence-electron chi connectivity index (χ0n) is 18.7. The number of benzene rings is 1. The van der Waals surface area contributed by atoms with Gasteiger partial charge in [0.2, 0.25) is 0 Å². The zero-order valence-corrected chi connectivity index (χ0v) is 18.7. The molecule has 38 heavy (non-hydrogen) atoms. The zero-order chi connectivity index (χ0) is 27.2. The van der Waals surface area contributed by atoms with Crippen LogP contribution in [-0.2, 0) is 12.4 Å². The topological polar surface area (TPSA) is 106 Å². The van der Waals surface area contributed by atoms with Gasteiger partial charge in [0.1, 0.15) is 0 Å². The number of furan rings is 1. The van der Waals surface area contributed by atoms with Crippen molar-refractivity contribution in [2.24, 2.45) is 0 Å². The van der Waals surface area contributed by atoms with Gasteiger partial charge in [-0.15, -0.1) is 0 Å². The number of fused-ring (bicyclic) bond motifs is 1. The van der Waals surface area contributed by atoms with E-state index in [2.05, 4.69) is 15.1 Å². The fraction of sp³-hybridized carbons (Fsp3) is 0.0833. The van der Waals surface area contributed by atoms with E-state index in [0.717, 1.165) is 18.7 Å². The van der Waals surface area contributed by atoms with Crippen LogP contribution in [0.1, 0.15) is 21.6 Å². The van der Waals surface area contributed by atoms with E-state index < -0.39 is 52.0 Å². The molecule has 0 fully saturated rings. The normalized spacial score (nSPS) is 12.2. The third-order valence-corrected chi connectivity index (χ3v) is 5.55. The summed E-state index contributed by atoms with van der Waals surface area (Å²) in [5, 5.41) is 5.97. The lowest BCUT2D eigenvalue weighted by Gasteiger charge is -2.15. The van der Waals surface area contributed by atoms with Crippen molar-refractivity contribution in [2.45, 2.75) is 12.4 Å². The quantitative estimate of drug-likeness (QED) is 0.290. The number of H-pyrrole nitrogens is 1. The van der Waals surface area contributed by atoms with Crippen molar-refractivity contribution >= 4 is 22.4 Å². The van der Waals surface area contributed by atoms with E-state index >= 15 is 0 Å². The Labute approximate surface area is 207 Å². The van der Waals surface area contributed by atoms with Gasteiger partial charge in [-0.3, -0.25) is 14.6 Å². The van der Waals surface area contributed by atoms with Gasteiger partial charge in [0, 0.05) is 22.5 Å². The van der Waals surface area contributed by atoms with E-state index in [1.165, 1.54) is 36.5 Å². The summed E-state index contributed by atoms with van der Waals surface area (Å²) < 4.78 is 88.8.